The predicted octanol–water partition coefficient (Wildman–Crippen LogP) is 2.75. The molecule has 1 amide bonds. The highest BCUT2D eigenvalue weighted by atomic mass is 19.1. The summed E-state index contributed by atoms with van der Waals surface area (Å²) >= 11 is 0. The Bertz CT molecular complexity index is 937. The third kappa shape index (κ3) is 4.11. The molecule has 2 aromatic carbocycles. The fourth-order valence-corrected chi connectivity index (χ4v) is 2.66. The SMILES string of the molecule is Cc1ccc(CN(C)C(=O)Cn2nnc(-c3cccc(F)c3)n2)c(C)c1. The van der Waals surface area contributed by atoms with Gasteiger partial charge in [0.05, 0.1) is 0 Å². The number of carbonyl (C=O) groups is 1. The van der Waals surface area contributed by atoms with E-state index in [1.54, 1.807) is 24.1 Å². The highest BCUT2D eigenvalue weighted by molar-refractivity contribution is 5.75. The molecule has 0 aliphatic heterocycles. The summed E-state index contributed by atoms with van der Waals surface area (Å²) in [4.78, 5) is 15.3. The Kier molecular flexibility index (Phi) is 5.06. The van der Waals surface area contributed by atoms with Crippen molar-refractivity contribution < 1.29 is 9.18 Å². The topological polar surface area (TPSA) is 63.9 Å². The highest BCUT2D eigenvalue weighted by Crippen LogP contribution is 2.15. The van der Waals surface area contributed by atoms with E-state index in [0.29, 0.717) is 12.1 Å². The molecule has 1 aromatic heterocycles. The minimum absolute atomic E-state index is 0.0241. The van der Waals surface area contributed by atoms with Gasteiger partial charge in [-0.15, -0.1) is 10.2 Å². The molecular weight excluding hydrogens is 333 g/mol. The van der Waals surface area contributed by atoms with Crippen molar-refractivity contribution in [3.05, 3.63) is 65.0 Å². The molecular formula is C19H20FN5O. The van der Waals surface area contributed by atoms with Crippen LogP contribution in [0, 0.1) is 19.7 Å². The first-order valence-electron chi connectivity index (χ1n) is 8.26. The van der Waals surface area contributed by atoms with Gasteiger partial charge in [-0.3, -0.25) is 4.79 Å². The van der Waals surface area contributed by atoms with Crippen molar-refractivity contribution in [2.45, 2.75) is 26.9 Å². The zero-order valence-corrected chi connectivity index (χ0v) is 15.0. The van der Waals surface area contributed by atoms with Crippen LogP contribution in [-0.4, -0.2) is 38.1 Å². The van der Waals surface area contributed by atoms with Gasteiger partial charge < -0.3 is 4.90 Å². The fourth-order valence-electron chi connectivity index (χ4n) is 2.66. The number of aromatic nitrogens is 4. The van der Waals surface area contributed by atoms with E-state index in [4.69, 9.17) is 0 Å². The van der Waals surface area contributed by atoms with Crippen LogP contribution >= 0.6 is 0 Å². The largest absolute Gasteiger partial charge is 0.340 e. The third-order valence-corrected chi connectivity index (χ3v) is 4.14. The minimum Gasteiger partial charge on any atom is -0.340 e. The van der Waals surface area contributed by atoms with Crippen molar-refractivity contribution in [1.82, 2.24) is 25.1 Å². The molecule has 0 radical (unpaired) electrons. The molecule has 0 aliphatic rings. The predicted molar refractivity (Wildman–Crippen MR) is 95.6 cm³/mol. The maximum Gasteiger partial charge on any atom is 0.246 e. The maximum atomic E-state index is 13.3. The van der Waals surface area contributed by atoms with Crippen LogP contribution in [0.1, 0.15) is 16.7 Å². The Labute approximate surface area is 151 Å². The molecule has 0 saturated carbocycles. The normalized spacial score (nSPS) is 10.8. The summed E-state index contributed by atoms with van der Waals surface area (Å²) in [5, 5.41) is 11.9. The average molecular weight is 353 g/mol. The molecule has 134 valence electrons. The number of tetrazole rings is 1. The fraction of sp³-hybridized carbons (Fsp3) is 0.263. The second-order valence-corrected chi connectivity index (χ2v) is 6.33. The summed E-state index contributed by atoms with van der Waals surface area (Å²) in [5.41, 5.74) is 3.96. The summed E-state index contributed by atoms with van der Waals surface area (Å²) in [5.74, 6) is -0.217. The quantitative estimate of drug-likeness (QED) is 0.707. The Hall–Kier alpha value is -3.09. The number of benzene rings is 2. The van der Waals surface area contributed by atoms with Crippen LogP contribution in [0.15, 0.2) is 42.5 Å². The molecule has 0 aliphatic carbocycles. The van der Waals surface area contributed by atoms with Gasteiger partial charge in [0.25, 0.3) is 0 Å². The molecule has 0 N–H and O–H groups in total. The molecule has 3 aromatic rings. The molecule has 3 rings (SSSR count). The summed E-state index contributed by atoms with van der Waals surface area (Å²) in [7, 11) is 1.74. The zero-order chi connectivity index (χ0) is 18.7. The smallest absolute Gasteiger partial charge is 0.246 e. The van der Waals surface area contributed by atoms with E-state index in [2.05, 4.69) is 21.5 Å². The summed E-state index contributed by atoms with van der Waals surface area (Å²) < 4.78 is 13.3. The van der Waals surface area contributed by atoms with E-state index in [1.807, 2.05) is 26.0 Å². The van der Waals surface area contributed by atoms with Crippen LogP contribution in [0.2, 0.25) is 0 Å². The van der Waals surface area contributed by atoms with Gasteiger partial charge in [-0.1, -0.05) is 35.9 Å². The van der Waals surface area contributed by atoms with Crippen molar-refractivity contribution in [2.75, 3.05) is 7.05 Å². The van der Waals surface area contributed by atoms with E-state index in [0.717, 1.165) is 11.1 Å². The molecule has 0 unspecified atom stereocenters. The lowest BCUT2D eigenvalue weighted by atomic mass is 10.1. The first-order chi connectivity index (χ1) is 12.4. The second kappa shape index (κ2) is 7.43. The Morgan fingerprint density at radius 2 is 2.00 bits per heavy atom. The van der Waals surface area contributed by atoms with Gasteiger partial charge in [-0.2, -0.15) is 4.80 Å². The molecule has 0 atom stereocenters. The van der Waals surface area contributed by atoms with Crippen LogP contribution in [0.25, 0.3) is 11.4 Å². The standard InChI is InChI=1S/C19H20FN5O/c1-13-7-8-16(14(2)9-13)11-24(3)18(26)12-25-22-19(21-23-25)15-5-4-6-17(20)10-15/h4-10H,11-12H2,1-3H3. The van der Waals surface area contributed by atoms with Crippen molar-refractivity contribution in [3.8, 4) is 11.4 Å². The first kappa shape index (κ1) is 17.7. The summed E-state index contributed by atoms with van der Waals surface area (Å²) in [6.07, 6.45) is 0. The Morgan fingerprint density at radius 3 is 2.73 bits per heavy atom. The molecule has 0 fully saturated rings. The van der Waals surface area contributed by atoms with Gasteiger partial charge in [0.2, 0.25) is 11.7 Å². The van der Waals surface area contributed by atoms with E-state index in [9.17, 15) is 9.18 Å². The molecule has 0 spiro atoms. The van der Waals surface area contributed by atoms with Crippen molar-refractivity contribution in [3.63, 3.8) is 0 Å². The van der Waals surface area contributed by atoms with E-state index in [-0.39, 0.29) is 24.1 Å². The molecule has 0 saturated heterocycles. The second-order valence-electron chi connectivity index (χ2n) is 6.33. The van der Waals surface area contributed by atoms with Gasteiger partial charge in [0, 0.05) is 19.2 Å². The summed E-state index contributed by atoms with van der Waals surface area (Å²) in [6, 6.07) is 12.1. The van der Waals surface area contributed by atoms with Gasteiger partial charge in [0.15, 0.2) is 0 Å². The number of rotatable bonds is 5. The van der Waals surface area contributed by atoms with Crippen LogP contribution < -0.4 is 0 Å². The first-order valence-corrected chi connectivity index (χ1v) is 8.26. The Morgan fingerprint density at radius 1 is 1.19 bits per heavy atom. The van der Waals surface area contributed by atoms with Gasteiger partial charge in [-0.25, -0.2) is 4.39 Å². The average Bonchev–Trinajstić information content (AvgIpc) is 3.06. The number of carbonyl (C=O) groups excluding carboxylic acids is 1. The molecule has 6 nitrogen and oxygen atoms in total. The number of nitrogens with zero attached hydrogens (tertiary/aromatic N) is 5. The van der Waals surface area contributed by atoms with E-state index >= 15 is 0 Å². The lowest BCUT2D eigenvalue weighted by Gasteiger charge is -2.18. The van der Waals surface area contributed by atoms with Crippen LogP contribution in [-0.2, 0) is 17.9 Å². The van der Waals surface area contributed by atoms with Crippen molar-refractivity contribution >= 4 is 5.91 Å². The van der Waals surface area contributed by atoms with Crippen LogP contribution in [0.4, 0.5) is 4.39 Å². The molecule has 0 bridgehead atoms. The van der Waals surface area contributed by atoms with Crippen molar-refractivity contribution in [1.29, 1.82) is 0 Å². The third-order valence-electron chi connectivity index (χ3n) is 4.14. The minimum atomic E-state index is -0.372. The lowest BCUT2D eigenvalue weighted by molar-refractivity contribution is -0.131. The van der Waals surface area contributed by atoms with Crippen LogP contribution in [0.5, 0.6) is 0 Å². The number of likely N-dealkylation sites (N-methyl/N-ethyl adjacent to an activating group) is 1. The van der Waals surface area contributed by atoms with Gasteiger partial charge >= 0.3 is 0 Å². The molecule has 7 heteroatoms. The number of amides is 1. The van der Waals surface area contributed by atoms with Crippen molar-refractivity contribution in [2.24, 2.45) is 0 Å². The monoisotopic (exact) mass is 353 g/mol. The number of hydrogen-bond donors (Lipinski definition) is 0. The van der Waals surface area contributed by atoms with Crippen LogP contribution in [0.3, 0.4) is 0 Å². The maximum absolute atomic E-state index is 13.3. The number of hydrogen-bond acceptors (Lipinski definition) is 4. The number of halogens is 1. The molecule has 26 heavy (non-hydrogen) atoms. The van der Waals surface area contributed by atoms with E-state index < -0.39 is 0 Å². The highest BCUT2D eigenvalue weighted by Gasteiger charge is 2.14. The van der Waals surface area contributed by atoms with E-state index in [1.165, 1.54) is 22.5 Å². The lowest BCUT2D eigenvalue weighted by Crippen LogP contribution is -2.30. The van der Waals surface area contributed by atoms with Gasteiger partial charge in [0.1, 0.15) is 12.4 Å². The molecule has 1 heterocycles. The van der Waals surface area contributed by atoms with Gasteiger partial charge in [-0.05, 0) is 42.3 Å². The number of aryl methyl sites for hydroxylation is 2. The zero-order valence-electron chi connectivity index (χ0n) is 15.0. The summed E-state index contributed by atoms with van der Waals surface area (Å²) in [6.45, 7) is 4.56. The Balaban J connectivity index is 1.66.